The molecule has 28 heavy (non-hydrogen) atoms. The highest BCUT2D eigenvalue weighted by atomic mass is 127. The average Bonchev–Trinajstić information content (AvgIpc) is 2.70. The van der Waals surface area contributed by atoms with E-state index in [-0.39, 0.29) is 0 Å². The van der Waals surface area contributed by atoms with Crippen LogP contribution in [0, 0.1) is 10.7 Å². The van der Waals surface area contributed by atoms with E-state index >= 15 is 0 Å². The number of ether oxygens (including phenoxy) is 2. The van der Waals surface area contributed by atoms with Crippen LogP contribution < -0.4 is 5.32 Å². The number of hydrogen-bond acceptors (Lipinski definition) is 5. The summed E-state index contributed by atoms with van der Waals surface area (Å²) in [7, 11) is 0. The summed E-state index contributed by atoms with van der Waals surface area (Å²) < 4.78 is 13.9. The van der Waals surface area contributed by atoms with E-state index in [0.29, 0.717) is 18.4 Å². The molecule has 1 aliphatic heterocycles. The van der Waals surface area contributed by atoms with E-state index in [1.54, 1.807) is 6.07 Å². The largest absolute Gasteiger partial charge is 0.452 e. The molecule has 0 spiro atoms. The molecular formula is C20H18I3NO4. The van der Waals surface area contributed by atoms with Crippen LogP contribution in [0.2, 0.25) is 0 Å². The van der Waals surface area contributed by atoms with Gasteiger partial charge in [-0.3, -0.25) is 0 Å². The third-order valence-corrected chi connectivity index (χ3v) is 8.22. The van der Waals surface area contributed by atoms with E-state index in [9.17, 15) is 9.59 Å². The summed E-state index contributed by atoms with van der Waals surface area (Å²) in [4.78, 5) is 25.0. The molecule has 1 saturated heterocycles. The Morgan fingerprint density at radius 1 is 1.04 bits per heavy atom. The Balaban J connectivity index is 1.68. The maximum absolute atomic E-state index is 12.5. The van der Waals surface area contributed by atoms with Crippen LogP contribution in [0.25, 0.3) is 0 Å². The molecule has 1 N–H and O–H groups in total. The van der Waals surface area contributed by atoms with Crippen LogP contribution in [0.4, 0.5) is 0 Å². The predicted octanol–water partition coefficient (Wildman–Crippen LogP) is 4.48. The van der Waals surface area contributed by atoms with Gasteiger partial charge in [-0.1, -0.05) is 30.3 Å². The fourth-order valence-corrected chi connectivity index (χ4v) is 5.55. The van der Waals surface area contributed by atoms with Crippen molar-refractivity contribution in [2.45, 2.75) is 18.4 Å². The third-order valence-electron chi connectivity index (χ3n) is 4.55. The van der Waals surface area contributed by atoms with E-state index in [0.717, 1.165) is 29.4 Å². The number of halogens is 3. The van der Waals surface area contributed by atoms with E-state index in [2.05, 4.69) is 73.1 Å². The standard InChI is InChI=1S/C20H18I3NO4/c21-14-10-15(18(23)16(22)11-14)19(26)27-12-17(25)28-20(6-8-24-9-7-20)13-4-2-1-3-5-13/h1-5,10-11,24H,6-9,12H2. The Morgan fingerprint density at radius 3 is 2.39 bits per heavy atom. The van der Waals surface area contributed by atoms with Crippen LogP contribution in [-0.2, 0) is 19.9 Å². The van der Waals surface area contributed by atoms with Crippen molar-refractivity contribution >= 4 is 79.7 Å². The normalized spacial score (nSPS) is 15.7. The Bertz CT molecular complexity index is 867. The summed E-state index contributed by atoms with van der Waals surface area (Å²) in [6.07, 6.45) is 1.37. The summed E-state index contributed by atoms with van der Waals surface area (Å²) in [5, 5.41) is 3.29. The molecule has 0 saturated carbocycles. The molecule has 0 atom stereocenters. The molecule has 0 bridgehead atoms. The van der Waals surface area contributed by atoms with Crippen molar-refractivity contribution in [2.75, 3.05) is 19.7 Å². The lowest BCUT2D eigenvalue weighted by Crippen LogP contribution is -2.43. The molecule has 0 unspecified atom stereocenters. The summed E-state index contributed by atoms with van der Waals surface area (Å²) in [5.74, 6) is -1.05. The van der Waals surface area contributed by atoms with Crippen molar-refractivity contribution in [3.63, 3.8) is 0 Å². The molecule has 3 rings (SSSR count). The Morgan fingerprint density at radius 2 is 1.71 bits per heavy atom. The fraction of sp³-hybridized carbons (Fsp3) is 0.300. The first kappa shape index (κ1) is 22.2. The van der Waals surface area contributed by atoms with Gasteiger partial charge in [0.15, 0.2) is 6.61 Å². The molecule has 1 heterocycles. The number of nitrogens with one attached hydrogen (secondary N) is 1. The fourth-order valence-electron chi connectivity index (χ4n) is 3.18. The van der Waals surface area contributed by atoms with Crippen molar-refractivity contribution in [1.29, 1.82) is 0 Å². The third kappa shape index (κ3) is 5.36. The van der Waals surface area contributed by atoms with Gasteiger partial charge in [0.2, 0.25) is 0 Å². The minimum Gasteiger partial charge on any atom is -0.452 e. The zero-order valence-electron chi connectivity index (χ0n) is 14.8. The second-order valence-electron chi connectivity index (χ2n) is 6.41. The van der Waals surface area contributed by atoms with Gasteiger partial charge in [-0.15, -0.1) is 0 Å². The number of piperidine rings is 1. The smallest absolute Gasteiger partial charge is 0.345 e. The van der Waals surface area contributed by atoms with Gasteiger partial charge in [-0.25, -0.2) is 9.59 Å². The SMILES string of the molecule is O=C(COC(=O)c1cc(I)cc(I)c1I)OC1(c2ccccc2)CCNCC1. The zero-order chi connectivity index (χ0) is 20.1. The minimum absolute atomic E-state index is 0.404. The van der Waals surface area contributed by atoms with Crippen LogP contribution in [0.15, 0.2) is 42.5 Å². The summed E-state index contributed by atoms with van der Waals surface area (Å²) in [5.41, 5.74) is 0.754. The first-order valence-electron chi connectivity index (χ1n) is 8.71. The maximum Gasteiger partial charge on any atom is 0.345 e. The van der Waals surface area contributed by atoms with Crippen molar-refractivity contribution in [2.24, 2.45) is 0 Å². The zero-order valence-corrected chi connectivity index (χ0v) is 21.3. The molecule has 148 valence electrons. The molecular weight excluding hydrogens is 699 g/mol. The number of carbonyl (C=O) groups excluding carboxylic acids is 2. The van der Waals surface area contributed by atoms with Gasteiger partial charge in [0, 0.05) is 23.6 Å². The van der Waals surface area contributed by atoms with Gasteiger partial charge < -0.3 is 14.8 Å². The Kier molecular flexibility index (Phi) is 7.96. The lowest BCUT2D eigenvalue weighted by atomic mass is 9.85. The number of esters is 2. The van der Waals surface area contributed by atoms with Gasteiger partial charge >= 0.3 is 11.9 Å². The summed E-state index contributed by atoms with van der Waals surface area (Å²) in [6.45, 7) is 1.13. The van der Waals surface area contributed by atoms with E-state index in [1.807, 2.05) is 36.4 Å². The Hall–Kier alpha value is -0.470. The highest BCUT2D eigenvalue weighted by molar-refractivity contribution is 14.1. The predicted molar refractivity (Wildman–Crippen MR) is 131 cm³/mol. The molecule has 8 heteroatoms. The molecule has 0 aliphatic carbocycles. The molecule has 2 aromatic carbocycles. The van der Waals surface area contributed by atoms with Crippen LogP contribution >= 0.6 is 67.8 Å². The summed E-state index contributed by atoms with van der Waals surface area (Å²) >= 11 is 6.45. The monoisotopic (exact) mass is 717 g/mol. The first-order valence-corrected chi connectivity index (χ1v) is 11.9. The van der Waals surface area contributed by atoms with Crippen LogP contribution in [0.3, 0.4) is 0 Å². The van der Waals surface area contributed by atoms with Crippen LogP contribution in [0.5, 0.6) is 0 Å². The molecule has 2 aromatic rings. The van der Waals surface area contributed by atoms with Gasteiger partial charge in [0.1, 0.15) is 5.60 Å². The quantitative estimate of drug-likeness (QED) is 0.281. The number of benzene rings is 2. The molecule has 1 fully saturated rings. The van der Waals surface area contributed by atoms with E-state index in [4.69, 9.17) is 9.47 Å². The second kappa shape index (κ2) is 10.0. The lowest BCUT2D eigenvalue weighted by Gasteiger charge is -2.37. The van der Waals surface area contributed by atoms with Crippen molar-refractivity contribution < 1.29 is 19.1 Å². The Labute approximate surface area is 204 Å². The molecule has 5 nitrogen and oxygen atoms in total. The van der Waals surface area contributed by atoms with Gasteiger partial charge in [0.25, 0.3) is 0 Å². The highest BCUT2D eigenvalue weighted by Gasteiger charge is 2.38. The van der Waals surface area contributed by atoms with Crippen LogP contribution in [0.1, 0.15) is 28.8 Å². The number of rotatable bonds is 5. The molecule has 1 aliphatic rings. The molecule has 0 aromatic heterocycles. The van der Waals surface area contributed by atoms with Gasteiger partial charge in [-0.2, -0.15) is 0 Å². The average molecular weight is 717 g/mol. The lowest BCUT2D eigenvalue weighted by molar-refractivity contribution is -0.167. The minimum atomic E-state index is -0.679. The number of hydrogen-bond donors (Lipinski definition) is 1. The molecule has 0 radical (unpaired) electrons. The topological polar surface area (TPSA) is 64.6 Å². The van der Waals surface area contributed by atoms with Crippen molar-refractivity contribution in [3.8, 4) is 0 Å². The number of carbonyl (C=O) groups is 2. The van der Waals surface area contributed by atoms with Gasteiger partial charge in [-0.05, 0) is 98.6 Å². The van der Waals surface area contributed by atoms with Crippen molar-refractivity contribution in [1.82, 2.24) is 5.32 Å². The van der Waals surface area contributed by atoms with Gasteiger partial charge in [0.05, 0.1) is 5.56 Å². The van der Waals surface area contributed by atoms with E-state index < -0.39 is 24.1 Å². The van der Waals surface area contributed by atoms with Crippen molar-refractivity contribution in [3.05, 3.63) is 64.3 Å². The van der Waals surface area contributed by atoms with Crippen LogP contribution in [-0.4, -0.2) is 31.6 Å². The second-order valence-corrected chi connectivity index (χ2v) is 9.90. The first-order chi connectivity index (χ1) is 13.4. The summed E-state index contributed by atoms with van der Waals surface area (Å²) in [6, 6.07) is 13.5. The van der Waals surface area contributed by atoms with E-state index in [1.165, 1.54) is 0 Å². The molecule has 0 amide bonds. The maximum atomic E-state index is 12.5. The highest BCUT2D eigenvalue weighted by Crippen LogP contribution is 2.35.